The minimum Gasteiger partial charge on any atom is -0.395 e. The van der Waals surface area contributed by atoms with Gasteiger partial charge in [-0.15, -0.1) is 0 Å². The molecule has 2 heterocycles. The van der Waals surface area contributed by atoms with Crippen molar-refractivity contribution in [3.8, 4) is 11.1 Å². The van der Waals surface area contributed by atoms with Crippen LogP contribution in [-0.2, 0) is 43.9 Å². The van der Waals surface area contributed by atoms with E-state index in [9.17, 15) is 23.4 Å². The maximum atomic E-state index is 13.7. The minimum atomic E-state index is -3.96. The van der Waals surface area contributed by atoms with Gasteiger partial charge < -0.3 is 25.0 Å². The molecule has 0 saturated carbocycles. The molecule has 0 aliphatic carbocycles. The summed E-state index contributed by atoms with van der Waals surface area (Å²) in [7, 11) is -3.96. The van der Waals surface area contributed by atoms with Crippen LogP contribution in [0.25, 0.3) is 11.1 Å². The second-order valence-electron chi connectivity index (χ2n) is 15.5. The van der Waals surface area contributed by atoms with Gasteiger partial charge in [-0.2, -0.15) is 4.72 Å². The predicted molar refractivity (Wildman–Crippen MR) is 224 cm³/mol. The number of carbonyl (C=O) groups excluding carboxylic acids is 1. The number of amides is 1. The molecule has 11 heteroatoms. The number of nitrogens with one attached hydrogen (secondary N) is 2. The van der Waals surface area contributed by atoms with Crippen LogP contribution in [0.4, 0.5) is 0 Å². The fourth-order valence-electron chi connectivity index (χ4n) is 7.92. The number of sulfonamides is 1. The summed E-state index contributed by atoms with van der Waals surface area (Å²) in [5.74, 6) is -0.380. The van der Waals surface area contributed by atoms with E-state index in [0.717, 1.165) is 63.9 Å². The molecule has 7 rings (SSSR count). The second-order valence-corrected chi connectivity index (χ2v) is 17.2. The lowest BCUT2D eigenvalue weighted by molar-refractivity contribution is -0.276. The van der Waals surface area contributed by atoms with Gasteiger partial charge in [-0.25, -0.2) is 8.42 Å². The summed E-state index contributed by atoms with van der Waals surface area (Å²) in [5.41, 5.74) is 7.33. The highest BCUT2D eigenvalue weighted by molar-refractivity contribution is 7.89. The van der Waals surface area contributed by atoms with E-state index in [1.165, 1.54) is 0 Å². The molecule has 5 aromatic carbocycles. The summed E-state index contributed by atoms with van der Waals surface area (Å²) in [4.78, 5) is 16.1. The largest absolute Gasteiger partial charge is 0.395 e. The average molecular weight is 804 g/mol. The van der Waals surface area contributed by atoms with Crippen molar-refractivity contribution >= 4 is 15.9 Å². The van der Waals surface area contributed by atoms with Crippen molar-refractivity contribution in [2.75, 3.05) is 19.7 Å². The number of rotatable bonds is 15. The third-order valence-corrected chi connectivity index (χ3v) is 12.9. The highest BCUT2D eigenvalue weighted by Crippen LogP contribution is 2.42. The molecule has 2 fully saturated rings. The van der Waals surface area contributed by atoms with Gasteiger partial charge in [0.25, 0.3) is 0 Å². The van der Waals surface area contributed by atoms with Crippen LogP contribution >= 0.6 is 0 Å². The van der Waals surface area contributed by atoms with Gasteiger partial charge in [0, 0.05) is 30.6 Å². The molecule has 6 atom stereocenters. The number of hydrogen-bond acceptors (Lipinski definition) is 8. The minimum absolute atomic E-state index is 0.0226. The molecule has 0 spiro atoms. The Bertz CT molecular complexity index is 2220. The van der Waals surface area contributed by atoms with Crippen molar-refractivity contribution in [1.29, 1.82) is 0 Å². The number of aliphatic hydroxyl groups is 2. The number of hydrogen-bond donors (Lipinski definition) is 4. The Hall–Kier alpha value is -4.72. The zero-order valence-electron chi connectivity index (χ0n) is 33.0. The molecule has 10 nitrogen and oxygen atoms in total. The van der Waals surface area contributed by atoms with Gasteiger partial charge in [0.05, 0.1) is 30.3 Å². The molecule has 4 N–H and O–H groups in total. The monoisotopic (exact) mass is 803 g/mol. The van der Waals surface area contributed by atoms with Gasteiger partial charge in [0.15, 0.2) is 6.29 Å². The summed E-state index contributed by atoms with van der Waals surface area (Å²) < 4.78 is 42.7. The summed E-state index contributed by atoms with van der Waals surface area (Å²) in [5, 5.41) is 22.6. The van der Waals surface area contributed by atoms with Gasteiger partial charge in [-0.05, 0) is 84.3 Å². The Labute approximate surface area is 341 Å². The molecule has 2 aliphatic rings. The van der Waals surface area contributed by atoms with Gasteiger partial charge in [0.2, 0.25) is 15.9 Å². The van der Waals surface area contributed by atoms with E-state index in [0.29, 0.717) is 6.54 Å². The van der Waals surface area contributed by atoms with E-state index < -0.39 is 28.3 Å². The number of aryl methyl sites for hydroxylation is 1. The van der Waals surface area contributed by atoms with Crippen LogP contribution in [0.15, 0.2) is 132 Å². The van der Waals surface area contributed by atoms with Crippen molar-refractivity contribution in [2.24, 2.45) is 5.92 Å². The zero-order valence-corrected chi connectivity index (χ0v) is 33.9. The lowest BCUT2D eigenvalue weighted by Crippen LogP contribution is -2.47. The predicted octanol–water partition coefficient (Wildman–Crippen LogP) is 6.61. The van der Waals surface area contributed by atoms with Crippen LogP contribution in [0, 0.1) is 12.8 Å². The first-order valence-electron chi connectivity index (χ1n) is 20.1. The Morgan fingerprint density at radius 2 is 1.52 bits per heavy atom. The maximum Gasteiger partial charge on any atom is 0.241 e. The van der Waals surface area contributed by atoms with Gasteiger partial charge in [-0.3, -0.25) is 9.69 Å². The summed E-state index contributed by atoms with van der Waals surface area (Å²) in [6.45, 7) is 5.99. The van der Waals surface area contributed by atoms with Crippen LogP contribution < -0.4 is 10.0 Å². The topological polar surface area (TPSA) is 137 Å². The lowest BCUT2D eigenvalue weighted by Gasteiger charge is -2.43. The fraction of sp³-hybridized carbons (Fsp3) is 0.340. The first-order valence-corrected chi connectivity index (χ1v) is 21.5. The van der Waals surface area contributed by atoms with E-state index in [2.05, 4.69) is 21.9 Å². The van der Waals surface area contributed by atoms with Crippen LogP contribution in [0.2, 0.25) is 0 Å². The van der Waals surface area contributed by atoms with Crippen molar-refractivity contribution in [2.45, 2.75) is 81.7 Å². The number of likely N-dealkylation sites (tertiary alicyclic amines) is 1. The van der Waals surface area contributed by atoms with E-state index in [-0.39, 0.29) is 55.2 Å². The summed E-state index contributed by atoms with van der Waals surface area (Å²) in [6, 6.07) is 38.9. The Balaban J connectivity index is 1.05. The molecule has 0 bridgehead atoms. The van der Waals surface area contributed by atoms with E-state index in [4.69, 9.17) is 9.47 Å². The standard InChI is InChI=1S/C47H53N3O7S/c1-32-13-23-42(24-14-32)58(54,55)49-43(27-34-8-4-3-5-9-34)46(53)48-28-36-10-6-11-40(26-36)37-19-21-39(22-20-37)47-56-44(29-50-25-7-12-41(50)31-52)33(2)45(57-47)38-17-15-35(30-51)16-18-38/h3-6,8-11,13-24,26,33,41,43-45,47,49,51-52H,7,12,25,27-31H2,1-2H3,(H,48,53)/t33-,41+,43-,44+,45+,47+/m1/s1. The third kappa shape index (κ3) is 10.1. The Kier molecular flexibility index (Phi) is 13.5. The Morgan fingerprint density at radius 1 is 0.810 bits per heavy atom. The average Bonchev–Trinajstić information content (AvgIpc) is 3.71. The summed E-state index contributed by atoms with van der Waals surface area (Å²) >= 11 is 0. The number of nitrogens with zero attached hydrogens (tertiary/aromatic N) is 1. The molecule has 5 aromatic rings. The molecular formula is C47H53N3O7S. The molecule has 0 radical (unpaired) electrons. The fourth-order valence-corrected chi connectivity index (χ4v) is 9.11. The first-order chi connectivity index (χ1) is 28.1. The molecular weight excluding hydrogens is 751 g/mol. The quantitative estimate of drug-likeness (QED) is 0.0929. The third-order valence-electron chi connectivity index (χ3n) is 11.4. The smallest absolute Gasteiger partial charge is 0.241 e. The van der Waals surface area contributed by atoms with Gasteiger partial charge >= 0.3 is 0 Å². The number of ether oxygens (including phenoxy) is 2. The number of carbonyl (C=O) groups is 1. The van der Waals surface area contributed by atoms with Crippen molar-refractivity contribution in [3.63, 3.8) is 0 Å². The van der Waals surface area contributed by atoms with Crippen LogP contribution in [0.5, 0.6) is 0 Å². The van der Waals surface area contributed by atoms with Gasteiger partial charge in [0.1, 0.15) is 6.04 Å². The molecule has 2 saturated heterocycles. The van der Waals surface area contributed by atoms with Crippen molar-refractivity contribution < 1.29 is 32.9 Å². The van der Waals surface area contributed by atoms with E-state index in [1.54, 1.807) is 24.3 Å². The van der Waals surface area contributed by atoms with E-state index >= 15 is 0 Å². The van der Waals surface area contributed by atoms with E-state index in [1.807, 2.05) is 110 Å². The zero-order chi connectivity index (χ0) is 40.6. The van der Waals surface area contributed by atoms with Crippen molar-refractivity contribution in [1.82, 2.24) is 14.9 Å². The number of aliphatic hydroxyl groups excluding tert-OH is 2. The molecule has 58 heavy (non-hydrogen) atoms. The molecule has 2 aliphatic heterocycles. The molecule has 0 aromatic heterocycles. The van der Waals surface area contributed by atoms with Gasteiger partial charge in [-0.1, -0.05) is 122 Å². The highest BCUT2D eigenvalue weighted by atomic mass is 32.2. The second kappa shape index (κ2) is 18.9. The summed E-state index contributed by atoms with van der Waals surface area (Å²) in [6.07, 6.45) is 1.24. The first kappa shape index (κ1) is 41.4. The lowest BCUT2D eigenvalue weighted by atomic mass is 9.89. The molecule has 304 valence electrons. The normalized spacial score (nSPS) is 21.8. The van der Waals surface area contributed by atoms with Crippen molar-refractivity contribution in [3.05, 3.63) is 161 Å². The highest BCUT2D eigenvalue weighted by Gasteiger charge is 2.40. The van der Waals surface area contributed by atoms with Crippen LogP contribution in [0.3, 0.4) is 0 Å². The maximum absolute atomic E-state index is 13.7. The van der Waals surface area contributed by atoms with Crippen LogP contribution in [0.1, 0.15) is 65.5 Å². The molecule has 1 amide bonds. The Morgan fingerprint density at radius 3 is 2.22 bits per heavy atom. The SMILES string of the molecule is Cc1ccc(S(=O)(=O)N[C@H](Cc2ccccc2)C(=O)NCc2cccc(-c3ccc([C@H]4O[C@@H](CN5CCC[C@H]5CO)[C@@H](C)[C@@H](c5ccc(CO)cc5)O4)cc3)c2)cc1. The van der Waals surface area contributed by atoms with Crippen LogP contribution in [-0.4, -0.2) is 67.3 Å². The number of benzene rings is 5. The molecule has 0 unspecified atom stereocenters.